The molecule has 0 fully saturated rings. The van der Waals surface area contributed by atoms with E-state index in [4.69, 9.17) is 11.6 Å². The van der Waals surface area contributed by atoms with E-state index in [2.05, 4.69) is 5.32 Å². The molecule has 0 aliphatic heterocycles. The molecule has 1 atom stereocenters. The average Bonchev–Trinajstić information content (AvgIpc) is 2.90. The first-order valence-corrected chi connectivity index (χ1v) is 8.34. The highest BCUT2D eigenvalue weighted by Gasteiger charge is 2.19. The molecule has 2 aromatic carbocycles. The Hall–Kier alpha value is -2.11. The highest BCUT2D eigenvalue weighted by molar-refractivity contribution is 7.14. The predicted molar refractivity (Wildman–Crippen MR) is 94.1 cm³/mol. The number of hydrogen-bond acceptors (Lipinski definition) is 3. The SMILES string of the molecule is CC(C(=O)NCc1ccc(Cl)cc1)n1sc2ccccc2c1=O. The summed E-state index contributed by atoms with van der Waals surface area (Å²) in [4.78, 5) is 24.7. The molecule has 0 saturated carbocycles. The molecule has 3 rings (SSSR count). The molecule has 4 nitrogen and oxygen atoms in total. The average molecular weight is 347 g/mol. The highest BCUT2D eigenvalue weighted by Crippen LogP contribution is 2.19. The van der Waals surface area contributed by atoms with Gasteiger partial charge in [-0.3, -0.25) is 13.5 Å². The number of amides is 1. The van der Waals surface area contributed by atoms with Crippen molar-refractivity contribution < 1.29 is 4.79 Å². The molecule has 6 heteroatoms. The molecular weight excluding hydrogens is 332 g/mol. The van der Waals surface area contributed by atoms with Crippen molar-refractivity contribution in [1.29, 1.82) is 0 Å². The Morgan fingerprint density at radius 2 is 1.91 bits per heavy atom. The predicted octanol–water partition coefficient (Wildman–Crippen LogP) is 3.59. The van der Waals surface area contributed by atoms with E-state index >= 15 is 0 Å². The van der Waals surface area contributed by atoms with Gasteiger partial charge >= 0.3 is 0 Å². The first-order chi connectivity index (χ1) is 11.1. The monoisotopic (exact) mass is 346 g/mol. The summed E-state index contributed by atoms with van der Waals surface area (Å²) in [5.74, 6) is -0.186. The summed E-state index contributed by atoms with van der Waals surface area (Å²) in [7, 11) is 0. The number of nitrogens with one attached hydrogen (secondary N) is 1. The molecule has 0 saturated heterocycles. The van der Waals surface area contributed by atoms with Gasteiger partial charge in [0.15, 0.2) is 0 Å². The smallest absolute Gasteiger partial charge is 0.269 e. The van der Waals surface area contributed by atoms with E-state index in [9.17, 15) is 9.59 Å². The van der Waals surface area contributed by atoms with Gasteiger partial charge in [0.1, 0.15) is 6.04 Å². The van der Waals surface area contributed by atoms with E-state index in [1.807, 2.05) is 30.3 Å². The van der Waals surface area contributed by atoms with E-state index in [-0.39, 0.29) is 11.5 Å². The Kier molecular flexibility index (Phi) is 4.50. The molecule has 1 amide bonds. The number of nitrogens with zero attached hydrogens (tertiary/aromatic N) is 1. The first kappa shape index (κ1) is 15.8. The summed E-state index contributed by atoms with van der Waals surface area (Å²) in [6, 6.07) is 14.1. The molecule has 0 bridgehead atoms. The Morgan fingerprint density at radius 1 is 1.22 bits per heavy atom. The quantitative estimate of drug-likeness (QED) is 0.784. The fourth-order valence-electron chi connectivity index (χ4n) is 2.29. The Morgan fingerprint density at radius 3 is 2.61 bits per heavy atom. The van der Waals surface area contributed by atoms with Crippen molar-refractivity contribution in [3.05, 3.63) is 69.5 Å². The van der Waals surface area contributed by atoms with Crippen LogP contribution in [0.25, 0.3) is 10.1 Å². The van der Waals surface area contributed by atoms with Crippen LogP contribution in [0.1, 0.15) is 18.5 Å². The number of rotatable bonds is 4. The van der Waals surface area contributed by atoms with Crippen LogP contribution in [0, 0.1) is 0 Å². The summed E-state index contributed by atoms with van der Waals surface area (Å²) in [6.45, 7) is 2.13. The summed E-state index contributed by atoms with van der Waals surface area (Å²) in [5, 5.41) is 4.16. The maximum Gasteiger partial charge on any atom is 0.269 e. The normalized spacial score (nSPS) is 12.3. The van der Waals surface area contributed by atoms with Gasteiger partial charge in [0.25, 0.3) is 5.56 Å². The van der Waals surface area contributed by atoms with Crippen molar-refractivity contribution >= 4 is 39.1 Å². The van der Waals surface area contributed by atoms with Gasteiger partial charge < -0.3 is 5.32 Å². The number of fused-ring (bicyclic) bond motifs is 1. The molecule has 0 radical (unpaired) electrons. The number of hydrogen-bond donors (Lipinski definition) is 1. The van der Waals surface area contributed by atoms with Crippen LogP contribution in [0.2, 0.25) is 5.02 Å². The van der Waals surface area contributed by atoms with Gasteiger partial charge in [0.2, 0.25) is 5.91 Å². The zero-order chi connectivity index (χ0) is 16.4. The molecule has 118 valence electrons. The van der Waals surface area contributed by atoms with Gasteiger partial charge in [-0.05, 0) is 36.8 Å². The summed E-state index contributed by atoms with van der Waals surface area (Å²) >= 11 is 7.15. The van der Waals surface area contributed by atoms with Gasteiger partial charge in [-0.25, -0.2) is 0 Å². The van der Waals surface area contributed by atoms with Crippen LogP contribution in [0.15, 0.2) is 53.3 Å². The minimum atomic E-state index is -0.549. The molecule has 0 aliphatic rings. The molecule has 1 aromatic heterocycles. The van der Waals surface area contributed by atoms with E-state index in [0.29, 0.717) is 17.0 Å². The van der Waals surface area contributed by atoms with E-state index in [1.54, 1.807) is 25.1 Å². The zero-order valence-corrected chi connectivity index (χ0v) is 14.0. The van der Waals surface area contributed by atoms with Crippen LogP contribution in [-0.2, 0) is 11.3 Å². The number of aromatic nitrogens is 1. The second-order valence-corrected chi connectivity index (χ2v) is 6.69. The van der Waals surface area contributed by atoms with Crippen LogP contribution < -0.4 is 10.9 Å². The van der Waals surface area contributed by atoms with Gasteiger partial charge in [0.05, 0.1) is 10.1 Å². The fourth-order valence-corrected chi connectivity index (χ4v) is 3.46. The molecule has 1 heterocycles. The van der Waals surface area contributed by atoms with Crippen molar-refractivity contribution in [2.75, 3.05) is 0 Å². The molecule has 1 N–H and O–H groups in total. The van der Waals surface area contributed by atoms with Crippen molar-refractivity contribution in [1.82, 2.24) is 9.27 Å². The van der Waals surface area contributed by atoms with Crippen LogP contribution in [0.5, 0.6) is 0 Å². The maximum absolute atomic E-state index is 12.4. The maximum atomic E-state index is 12.4. The van der Waals surface area contributed by atoms with Crippen LogP contribution >= 0.6 is 23.1 Å². The molecule has 0 aliphatic carbocycles. The zero-order valence-electron chi connectivity index (χ0n) is 12.5. The molecule has 23 heavy (non-hydrogen) atoms. The van der Waals surface area contributed by atoms with Crippen LogP contribution in [0.4, 0.5) is 0 Å². The van der Waals surface area contributed by atoms with Crippen molar-refractivity contribution in [3.63, 3.8) is 0 Å². The summed E-state index contributed by atoms with van der Waals surface area (Å²) in [5.41, 5.74) is 0.832. The summed E-state index contributed by atoms with van der Waals surface area (Å²) < 4.78 is 2.40. The highest BCUT2D eigenvalue weighted by atomic mass is 35.5. The van der Waals surface area contributed by atoms with Crippen LogP contribution in [-0.4, -0.2) is 9.86 Å². The fraction of sp³-hybridized carbons (Fsp3) is 0.176. The molecule has 1 unspecified atom stereocenters. The molecular formula is C17H15ClN2O2S. The first-order valence-electron chi connectivity index (χ1n) is 7.19. The largest absolute Gasteiger partial charge is 0.350 e. The van der Waals surface area contributed by atoms with Crippen molar-refractivity contribution in [2.45, 2.75) is 19.5 Å². The second kappa shape index (κ2) is 6.56. The number of halogens is 1. The topological polar surface area (TPSA) is 51.1 Å². The van der Waals surface area contributed by atoms with E-state index < -0.39 is 6.04 Å². The lowest BCUT2D eigenvalue weighted by Crippen LogP contribution is -2.33. The lowest BCUT2D eigenvalue weighted by molar-refractivity contribution is -0.123. The lowest BCUT2D eigenvalue weighted by Gasteiger charge is -2.12. The number of benzene rings is 2. The molecule has 3 aromatic rings. The number of carbonyl (C=O) groups excluding carboxylic acids is 1. The minimum Gasteiger partial charge on any atom is -0.350 e. The second-order valence-electron chi connectivity index (χ2n) is 5.24. The third kappa shape index (κ3) is 3.30. The Bertz CT molecular complexity index is 899. The van der Waals surface area contributed by atoms with E-state index in [0.717, 1.165) is 10.3 Å². The van der Waals surface area contributed by atoms with Crippen molar-refractivity contribution in [3.8, 4) is 0 Å². The van der Waals surface area contributed by atoms with Gasteiger partial charge in [0, 0.05) is 11.6 Å². The minimum absolute atomic E-state index is 0.125. The summed E-state index contributed by atoms with van der Waals surface area (Å²) in [6.07, 6.45) is 0. The molecule has 0 spiro atoms. The van der Waals surface area contributed by atoms with Gasteiger partial charge in [-0.1, -0.05) is 47.4 Å². The third-order valence-electron chi connectivity index (χ3n) is 3.63. The number of carbonyl (C=O) groups is 1. The van der Waals surface area contributed by atoms with Gasteiger partial charge in [-0.2, -0.15) is 0 Å². The standard InChI is InChI=1S/C17H15ClN2O2S/c1-11(16(21)19-10-12-6-8-13(18)9-7-12)20-17(22)14-4-2-3-5-15(14)23-20/h2-9,11H,10H2,1H3,(H,19,21). The van der Waals surface area contributed by atoms with Crippen LogP contribution in [0.3, 0.4) is 0 Å². The van der Waals surface area contributed by atoms with E-state index in [1.165, 1.54) is 15.5 Å². The van der Waals surface area contributed by atoms with Crippen molar-refractivity contribution in [2.24, 2.45) is 0 Å². The Labute approximate surface area is 142 Å². The van der Waals surface area contributed by atoms with Gasteiger partial charge in [-0.15, -0.1) is 0 Å². The Balaban J connectivity index is 1.74. The lowest BCUT2D eigenvalue weighted by atomic mass is 10.2. The third-order valence-corrected chi connectivity index (χ3v) is 5.11.